The predicted molar refractivity (Wildman–Crippen MR) is 77.5 cm³/mol. The average Bonchev–Trinajstić information content (AvgIpc) is 2.38. The molecule has 2 unspecified atom stereocenters. The molecule has 19 heavy (non-hydrogen) atoms. The van der Waals surface area contributed by atoms with Crippen molar-refractivity contribution in [1.29, 1.82) is 0 Å². The van der Waals surface area contributed by atoms with Crippen molar-refractivity contribution in [3.05, 3.63) is 33.9 Å². The maximum Gasteiger partial charge on any atom is 0.271 e. The third-order valence-corrected chi connectivity index (χ3v) is 4.06. The van der Waals surface area contributed by atoms with E-state index < -0.39 is 0 Å². The highest BCUT2D eigenvalue weighted by Gasteiger charge is 2.23. The van der Waals surface area contributed by atoms with E-state index in [1.165, 1.54) is 32.1 Å². The number of nitrogens with zero attached hydrogens (tertiary/aromatic N) is 1. The van der Waals surface area contributed by atoms with Crippen LogP contribution in [0.4, 0.5) is 11.4 Å². The van der Waals surface area contributed by atoms with E-state index in [1.54, 1.807) is 12.1 Å². The lowest BCUT2D eigenvalue weighted by Gasteiger charge is -2.32. The molecular weight excluding hydrogens is 240 g/mol. The Labute approximate surface area is 114 Å². The molecule has 4 heteroatoms. The van der Waals surface area contributed by atoms with E-state index in [1.807, 2.05) is 13.0 Å². The summed E-state index contributed by atoms with van der Waals surface area (Å²) in [4.78, 5) is 10.6. The molecule has 1 aromatic rings. The highest BCUT2D eigenvalue weighted by Crippen LogP contribution is 2.30. The van der Waals surface area contributed by atoms with Crippen molar-refractivity contribution in [3.8, 4) is 0 Å². The van der Waals surface area contributed by atoms with Crippen LogP contribution in [0.25, 0.3) is 0 Å². The Bertz CT molecular complexity index is 459. The highest BCUT2D eigenvalue weighted by molar-refractivity contribution is 5.54. The predicted octanol–water partition coefficient (Wildman–Crippen LogP) is 4.28. The number of hydrogen-bond acceptors (Lipinski definition) is 3. The van der Waals surface area contributed by atoms with Gasteiger partial charge in [0.2, 0.25) is 0 Å². The summed E-state index contributed by atoms with van der Waals surface area (Å²) in [6.45, 7) is 4.12. The van der Waals surface area contributed by atoms with Gasteiger partial charge in [0.05, 0.1) is 4.92 Å². The van der Waals surface area contributed by atoms with E-state index in [0.717, 1.165) is 11.3 Å². The van der Waals surface area contributed by atoms with E-state index >= 15 is 0 Å². The van der Waals surface area contributed by atoms with Crippen molar-refractivity contribution in [2.24, 2.45) is 5.92 Å². The van der Waals surface area contributed by atoms with Gasteiger partial charge in [0, 0.05) is 23.9 Å². The van der Waals surface area contributed by atoms with Crippen LogP contribution in [0.1, 0.15) is 44.6 Å². The lowest BCUT2D eigenvalue weighted by molar-refractivity contribution is -0.384. The van der Waals surface area contributed by atoms with E-state index in [-0.39, 0.29) is 10.6 Å². The molecule has 0 spiro atoms. The van der Waals surface area contributed by atoms with Gasteiger partial charge < -0.3 is 5.32 Å². The third kappa shape index (κ3) is 3.46. The van der Waals surface area contributed by atoms with Crippen molar-refractivity contribution in [2.75, 3.05) is 5.32 Å². The molecular formula is C15H22N2O2. The molecule has 1 saturated carbocycles. The molecule has 0 heterocycles. The summed E-state index contributed by atoms with van der Waals surface area (Å²) in [5, 5.41) is 14.4. The Balaban J connectivity index is 2.15. The quantitative estimate of drug-likeness (QED) is 0.650. The fourth-order valence-corrected chi connectivity index (χ4v) is 3.05. The van der Waals surface area contributed by atoms with Gasteiger partial charge in [-0.25, -0.2) is 0 Å². The zero-order valence-corrected chi connectivity index (χ0v) is 11.7. The molecule has 0 aromatic heterocycles. The number of hydrogen-bond donors (Lipinski definition) is 1. The van der Waals surface area contributed by atoms with Crippen LogP contribution < -0.4 is 5.32 Å². The molecule has 0 saturated heterocycles. The van der Waals surface area contributed by atoms with Gasteiger partial charge in [-0.2, -0.15) is 0 Å². The average molecular weight is 262 g/mol. The molecule has 0 amide bonds. The standard InChI is InChI=1S/C15H22N2O2/c1-3-12-6-4-5-7-15(12)16-13-8-11(2)9-14(10-13)17(18)19/h8-10,12,15-16H,3-7H2,1-2H3. The second-order valence-electron chi connectivity index (χ2n) is 5.52. The van der Waals surface area contributed by atoms with Crippen molar-refractivity contribution in [1.82, 2.24) is 0 Å². The summed E-state index contributed by atoms with van der Waals surface area (Å²) in [6.07, 6.45) is 6.17. The molecule has 104 valence electrons. The minimum absolute atomic E-state index is 0.173. The van der Waals surface area contributed by atoms with Crippen LogP contribution in [0, 0.1) is 23.0 Å². The minimum Gasteiger partial charge on any atom is -0.382 e. The summed E-state index contributed by atoms with van der Waals surface area (Å²) in [6, 6.07) is 5.71. The van der Waals surface area contributed by atoms with Crippen molar-refractivity contribution in [3.63, 3.8) is 0 Å². The van der Waals surface area contributed by atoms with Crippen LogP contribution in [-0.2, 0) is 0 Å². The molecule has 0 bridgehead atoms. The normalized spacial score (nSPS) is 23.1. The number of anilines is 1. The Morgan fingerprint density at radius 2 is 2.05 bits per heavy atom. The third-order valence-electron chi connectivity index (χ3n) is 4.06. The first-order chi connectivity index (χ1) is 9.10. The van der Waals surface area contributed by atoms with Gasteiger partial charge in [0.25, 0.3) is 5.69 Å². The number of rotatable bonds is 4. The second-order valence-corrected chi connectivity index (χ2v) is 5.52. The van der Waals surface area contributed by atoms with Gasteiger partial charge in [-0.15, -0.1) is 0 Å². The zero-order chi connectivity index (χ0) is 13.8. The first-order valence-corrected chi connectivity index (χ1v) is 7.12. The number of nitro groups is 1. The summed E-state index contributed by atoms with van der Waals surface area (Å²) in [7, 11) is 0. The molecule has 2 rings (SSSR count). The van der Waals surface area contributed by atoms with Gasteiger partial charge in [0.1, 0.15) is 0 Å². The van der Waals surface area contributed by atoms with E-state index in [0.29, 0.717) is 12.0 Å². The Hall–Kier alpha value is -1.58. The number of non-ortho nitro benzene ring substituents is 1. The van der Waals surface area contributed by atoms with Crippen LogP contribution >= 0.6 is 0 Å². The first-order valence-electron chi connectivity index (χ1n) is 7.12. The molecule has 1 fully saturated rings. The van der Waals surface area contributed by atoms with Gasteiger partial charge in [-0.05, 0) is 37.3 Å². The zero-order valence-electron chi connectivity index (χ0n) is 11.7. The summed E-state index contributed by atoms with van der Waals surface area (Å²) >= 11 is 0. The Morgan fingerprint density at radius 1 is 1.32 bits per heavy atom. The fourth-order valence-electron chi connectivity index (χ4n) is 3.05. The number of benzene rings is 1. The van der Waals surface area contributed by atoms with Gasteiger partial charge in [-0.3, -0.25) is 10.1 Å². The topological polar surface area (TPSA) is 55.2 Å². The number of nitrogens with one attached hydrogen (secondary N) is 1. The smallest absolute Gasteiger partial charge is 0.271 e. The lowest BCUT2D eigenvalue weighted by atomic mass is 9.83. The maximum absolute atomic E-state index is 10.9. The van der Waals surface area contributed by atoms with Crippen molar-refractivity contribution in [2.45, 2.75) is 52.0 Å². The monoisotopic (exact) mass is 262 g/mol. The van der Waals surface area contributed by atoms with Crippen LogP contribution in [0.5, 0.6) is 0 Å². The summed E-state index contributed by atoms with van der Waals surface area (Å²) in [5.74, 6) is 0.688. The highest BCUT2D eigenvalue weighted by atomic mass is 16.6. The fraction of sp³-hybridized carbons (Fsp3) is 0.600. The molecule has 4 nitrogen and oxygen atoms in total. The van der Waals surface area contributed by atoms with Crippen molar-refractivity contribution < 1.29 is 4.92 Å². The molecule has 1 aliphatic carbocycles. The number of aryl methyl sites for hydroxylation is 1. The van der Waals surface area contributed by atoms with Crippen LogP contribution in [0.3, 0.4) is 0 Å². The lowest BCUT2D eigenvalue weighted by Crippen LogP contribution is -2.31. The first kappa shape index (κ1) is 13.8. The van der Waals surface area contributed by atoms with E-state index in [9.17, 15) is 10.1 Å². The van der Waals surface area contributed by atoms with Gasteiger partial charge in [-0.1, -0.05) is 26.2 Å². The van der Waals surface area contributed by atoms with Gasteiger partial charge >= 0.3 is 0 Å². The molecule has 2 atom stereocenters. The van der Waals surface area contributed by atoms with Crippen molar-refractivity contribution >= 4 is 11.4 Å². The van der Waals surface area contributed by atoms with Crippen LogP contribution in [0.15, 0.2) is 18.2 Å². The number of nitro benzene ring substituents is 1. The Kier molecular flexibility index (Phi) is 4.40. The summed E-state index contributed by atoms with van der Waals surface area (Å²) in [5.41, 5.74) is 1.99. The SMILES string of the molecule is CCC1CCCCC1Nc1cc(C)cc([N+](=O)[O-])c1. The van der Waals surface area contributed by atoms with E-state index in [2.05, 4.69) is 12.2 Å². The molecule has 1 aliphatic rings. The van der Waals surface area contributed by atoms with Crippen LogP contribution in [0.2, 0.25) is 0 Å². The molecule has 1 N–H and O–H groups in total. The largest absolute Gasteiger partial charge is 0.382 e. The maximum atomic E-state index is 10.9. The summed E-state index contributed by atoms with van der Waals surface area (Å²) < 4.78 is 0. The van der Waals surface area contributed by atoms with Crippen LogP contribution in [-0.4, -0.2) is 11.0 Å². The van der Waals surface area contributed by atoms with Gasteiger partial charge in [0.15, 0.2) is 0 Å². The van der Waals surface area contributed by atoms with E-state index in [4.69, 9.17) is 0 Å². The Morgan fingerprint density at radius 3 is 2.74 bits per heavy atom. The minimum atomic E-state index is -0.323. The molecule has 0 radical (unpaired) electrons. The molecule has 1 aromatic carbocycles. The molecule has 0 aliphatic heterocycles. The second kappa shape index (κ2) is 6.04.